The first-order valence-corrected chi connectivity index (χ1v) is 8.47. The van der Waals surface area contributed by atoms with Crippen LogP contribution in [0.4, 0.5) is 0 Å². The van der Waals surface area contributed by atoms with Crippen LogP contribution in [0.3, 0.4) is 0 Å². The highest BCUT2D eigenvalue weighted by atomic mass is 35.5. The molecule has 0 heterocycles. The van der Waals surface area contributed by atoms with Crippen LogP contribution in [0.5, 0.6) is 23.0 Å². The first-order chi connectivity index (χ1) is 11.3. The highest BCUT2D eigenvalue weighted by molar-refractivity contribution is 6.33. The van der Waals surface area contributed by atoms with Crippen molar-refractivity contribution >= 4 is 23.2 Å². The van der Waals surface area contributed by atoms with Crippen molar-refractivity contribution in [2.75, 3.05) is 0 Å². The van der Waals surface area contributed by atoms with E-state index in [1.807, 2.05) is 6.92 Å². The van der Waals surface area contributed by atoms with E-state index in [1.165, 1.54) is 12.1 Å². The molecule has 24 heavy (non-hydrogen) atoms. The van der Waals surface area contributed by atoms with Crippen LogP contribution in [0.2, 0.25) is 10.0 Å². The summed E-state index contributed by atoms with van der Waals surface area (Å²) in [5.74, 6) is -0.0506. The van der Waals surface area contributed by atoms with E-state index in [0.717, 1.165) is 30.4 Å². The summed E-state index contributed by atoms with van der Waals surface area (Å²) in [4.78, 5) is 0. The van der Waals surface area contributed by atoms with Crippen molar-refractivity contribution in [2.45, 2.75) is 39.5 Å². The van der Waals surface area contributed by atoms with Crippen LogP contribution in [0.1, 0.15) is 37.8 Å². The normalized spacial score (nSPS) is 10.2. The molecular weight excluding hydrogens is 351 g/mol. The molecule has 0 aromatic heterocycles. The maximum atomic E-state index is 9.51. The Balaban J connectivity index is 0.000000243. The zero-order chi connectivity index (χ0) is 18.3. The van der Waals surface area contributed by atoms with E-state index in [2.05, 4.69) is 6.92 Å². The van der Waals surface area contributed by atoms with Gasteiger partial charge < -0.3 is 20.4 Å². The summed E-state index contributed by atoms with van der Waals surface area (Å²) < 4.78 is 0. The molecule has 0 amide bonds. The highest BCUT2D eigenvalue weighted by Crippen LogP contribution is 2.35. The molecule has 2 rings (SSSR count). The van der Waals surface area contributed by atoms with E-state index in [-0.39, 0.29) is 33.0 Å². The molecule has 6 heteroatoms. The molecular formula is C18H22Cl2O4. The maximum absolute atomic E-state index is 9.51. The number of phenolic OH excluding ortho intramolecular Hbond substituents is 4. The molecule has 4 nitrogen and oxygen atoms in total. The van der Waals surface area contributed by atoms with E-state index >= 15 is 0 Å². The van der Waals surface area contributed by atoms with Crippen molar-refractivity contribution in [1.82, 2.24) is 0 Å². The zero-order valence-electron chi connectivity index (χ0n) is 13.7. The summed E-state index contributed by atoms with van der Waals surface area (Å²) in [5, 5.41) is 37.2. The van der Waals surface area contributed by atoms with Crippen LogP contribution >= 0.6 is 23.2 Å². The van der Waals surface area contributed by atoms with Gasteiger partial charge in [-0.1, -0.05) is 49.5 Å². The molecule has 2 aromatic carbocycles. The predicted octanol–water partition coefficient (Wildman–Crippen LogP) is 5.41. The predicted molar refractivity (Wildman–Crippen MR) is 97.6 cm³/mol. The van der Waals surface area contributed by atoms with Crippen molar-refractivity contribution < 1.29 is 20.4 Å². The maximum Gasteiger partial charge on any atom is 0.141 e. The van der Waals surface area contributed by atoms with Crippen molar-refractivity contribution in [1.29, 1.82) is 0 Å². The van der Waals surface area contributed by atoms with Gasteiger partial charge in [-0.25, -0.2) is 0 Å². The smallest absolute Gasteiger partial charge is 0.141 e. The highest BCUT2D eigenvalue weighted by Gasteiger charge is 2.09. The fraction of sp³-hybridized carbons (Fsp3) is 0.333. The van der Waals surface area contributed by atoms with Gasteiger partial charge in [-0.05, 0) is 42.5 Å². The standard InChI is InChI=1S/C10H13ClO2.C8H9ClO2/c1-2-3-4-7-5-6-8(12)9(11)10(7)13;1-2-5-3-6(9)8(11)4-7(5)10/h5-6,12-13H,2-4H2,1H3;3-4,10-11H,2H2,1H3. The summed E-state index contributed by atoms with van der Waals surface area (Å²) in [6, 6.07) is 6.02. The second-order valence-electron chi connectivity index (χ2n) is 5.30. The largest absolute Gasteiger partial charge is 0.508 e. The lowest BCUT2D eigenvalue weighted by Crippen LogP contribution is -1.86. The van der Waals surface area contributed by atoms with E-state index in [0.29, 0.717) is 6.42 Å². The van der Waals surface area contributed by atoms with Crippen LogP contribution in [-0.2, 0) is 12.8 Å². The minimum absolute atomic E-state index is 0.00937. The number of hydrogen-bond acceptors (Lipinski definition) is 4. The second-order valence-corrected chi connectivity index (χ2v) is 6.08. The van der Waals surface area contributed by atoms with Gasteiger partial charge in [0.1, 0.15) is 28.0 Å². The number of halogens is 2. The first-order valence-electron chi connectivity index (χ1n) is 7.71. The summed E-state index contributed by atoms with van der Waals surface area (Å²) in [6.45, 7) is 3.99. The Hall–Kier alpha value is -1.78. The molecule has 132 valence electrons. The van der Waals surface area contributed by atoms with Gasteiger partial charge >= 0.3 is 0 Å². The number of unbranched alkanes of at least 4 members (excludes halogenated alkanes) is 1. The molecule has 0 aliphatic carbocycles. The van der Waals surface area contributed by atoms with Gasteiger partial charge in [-0.3, -0.25) is 0 Å². The van der Waals surface area contributed by atoms with E-state index in [1.54, 1.807) is 12.1 Å². The molecule has 0 bridgehead atoms. The SMILES string of the molecule is CCCCc1ccc(O)c(Cl)c1O.CCc1cc(Cl)c(O)cc1O. The Morgan fingerprint density at radius 1 is 0.833 bits per heavy atom. The summed E-state index contributed by atoms with van der Waals surface area (Å²) in [7, 11) is 0. The third kappa shape index (κ3) is 5.39. The molecule has 0 aliphatic heterocycles. The second kappa shape index (κ2) is 9.50. The number of aromatic hydroxyl groups is 4. The average molecular weight is 373 g/mol. The monoisotopic (exact) mass is 372 g/mol. The molecule has 0 atom stereocenters. The third-order valence-electron chi connectivity index (χ3n) is 3.51. The molecule has 0 fully saturated rings. The van der Waals surface area contributed by atoms with Gasteiger partial charge in [0.25, 0.3) is 0 Å². The van der Waals surface area contributed by atoms with Crippen LogP contribution in [0, 0.1) is 0 Å². The zero-order valence-corrected chi connectivity index (χ0v) is 15.2. The minimum atomic E-state index is -0.0821. The van der Waals surface area contributed by atoms with Crippen molar-refractivity contribution in [3.63, 3.8) is 0 Å². The lowest BCUT2D eigenvalue weighted by molar-refractivity contribution is 0.445. The topological polar surface area (TPSA) is 80.9 Å². The Morgan fingerprint density at radius 2 is 1.50 bits per heavy atom. The van der Waals surface area contributed by atoms with Gasteiger partial charge in [0.15, 0.2) is 0 Å². The van der Waals surface area contributed by atoms with Gasteiger partial charge in [0, 0.05) is 6.07 Å². The molecule has 2 aromatic rings. The summed E-state index contributed by atoms with van der Waals surface area (Å²) >= 11 is 11.3. The Labute approximate surface area is 151 Å². The fourth-order valence-corrected chi connectivity index (χ4v) is 2.41. The van der Waals surface area contributed by atoms with Crippen LogP contribution in [0.25, 0.3) is 0 Å². The van der Waals surface area contributed by atoms with Gasteiger partial charge in [0.05, 0.1) is 5.02 Å². The molecule has 0 unspecified atom stereocenters. The third-order valence-corrected chi connectivity index (χ3v) is 4.18. The summed E-state index contributed by atoms with van der Waals surface area (Å²) in [5.41, 5.74) is 1.54. The lowest BCUT2D eigenvalue weighted by Gasteiger charge is -2.06. The van der Waals surface area contributed by atoms with Crippen LogP contribution in [-0.4, -0.2) is 20.4 Å². The molecule has 0 radical (unpaired) electrons. The Bertz CT molecular complexity index is 687. The summed E-state index contributed by atoms with van der Waals surface area (Å²) in [6.07, 6.45) is 3.57. The van der Waals surface area contributed by atoms with E-state index in [4.69, 9.17) is 33.4 Å². The Morgan fingerprint density at radius 3 is 2.08 bits per heavy atom. The molecule has 0 aliphatic rings. The van der Waals surface area contributed by atoms with Gasteiger partial charge in [-0.15, -0.1) is 0 Å². The fourth-order valence-electron chi connectivity index (χ4n) is 2.04. The van der Waals surface area contributed by atoms with Crippen molar-refractivity contribution in [3.05, 3.63) is 45.4 Å². The van der Waals surface area contributed by atoms with Gasteiger partial charge in [-0.2, -0.15) is 0 Å². The minimum Gasteiger partial charge on any atom is -0.508 e. The van der Waals surface area contributed by atoms with E-state index < -0.39 is 0 Å². The van der Waals surface area contributed by atoms with E-state index in [9.17, 15) is 10.2 Å². The van der Waals surface area contributed by atoms with Crippen molar-refractivity contribution in [3.8, 4) is 23.0 Å². The number of rotatable bonds is 4. The number of benzene rings is 2. The van der Waals surface area contributed by atoms with Crippen LogP contribution in [0.15, 0.2) is 24.3 Å². The molecule has 4 N–H and O–H groups in total. The molecule has 0 spiro atoms. The average Bonchev–Trinajstić information content (AvgIpc) is 2.56. The van der Waals surface area contributed by atoms with Crippen LogP contribution < -0.4 is 0 Å². The molecule has 0 saturated carbocycles. The number of phenols is 4. The number of hydrogen-bond donors (Lipinski definition) is 4. The first kappa shape index (κ1) is 20.3. The van der Waals surface area contributed by atoms with Crippen molar-refractivity contribution in [2.24, 2.45) is 0 Å². The lowest BCUT2D eigenvalue weighted by atomic mass is 10.1. The molecule has 0 saturated heterocycles. The van der Waals surface area contributed by atoms with Gasteiger partial charge in [0.2, 0.25) is 0 Å². The quantitative estimate of drug-likeness (QED) is 0.578. The Kier molecular flexibility index (Phi) is 8.02. The number of aryl methyl sites for hydroxylation is 2.